The number of amides is 1. The SMILES string of the molecule is CNC(=O)C(C)Oc1ccc(Br)cc1C(C)O. The second-order valence-electron chi connectivity index (χ2n) is 3.73. The van der Waals surface area contributed by atoms with Crippen LogP contribution in [-0.2, 0) is 4.79 Å². The first-order valence-electron chi connectivity index (χ1n) is 5.31. The number of halogens is 1. The van der Waals surface area contributed by atoms with Crippen molar-refractivity contribution in [2.24, 2.45) is 0 Å². The first-order chi connectivity index (χ1) is 7.95. The molecule has 0 bridgehead atoms. The second-order valence-corrected chi connectivity index (χ2v) is 4.65. The Bertz CT molecular complexity index is 407. The molecule has 1 aromatic rings. The van der Waals surface area contributed by atoms with E-state index in [9.17, 15) is 9.90 Å². The normalized spacial score (nSPS) is 13.9. The molecule has 5 heteroatoms. The Balaban J connectivity index is 2.94. The van der Waals surface area contributed by atoms with Gasteiger partial charge in [-0.15, -0.1) is 0 Å². The fraction of sp³-hybridized carbons (Fsp3) is 0.417. The lowest BCUT2D eigenvalue weighted by Crippen LogP contribution is -2.34. The molecule has 0 spiro atoms. The van der Waals surface area contributed by atoms with E-state index in [4.69, 9.17) is 4.74 Å². The molecule has 0 aliphatic rings. The molecule has 4 nitrogen and oxygen atoms in total. The zero-order valence-corrected chi connectivity index (χ0v) is 11.6. The molecule has 0 aromatic heterocycles. The van der Waals surface area contributed by atoms with Gasteiger partial charge in [0.25, 0.3) is 5.91 Å². The van der Waals surface area contributed by atoms with Crippen LogP contribution < -0.4 is 10.1 Å². The van der Waals surface area contributed by atoms with Gasteiger partial charge in [-0.2, -0.15) is 0 Å². The summed E-state index contributed by atoms with van der Waals surface area (Å²) >= 11 is 3.33. The van der Waals surface area contributed by atoms with Gasteiger partial charge in [0.05, 0.1) is 6.10 Å². The summed E-state index contributed by atoms with van der Waals surface area (Å²) in [5.41, 5.74) is 0.648. The Morgan fingerprint density at radius 3 is 2.65 bits per heavy atom. The molecule has 2 unspecified atom stereocenters. The molecule has 0 aliphatic carbocycles. The van der Waals surface area contributed by atoms with Crippen LogP contribution in [0, 0.1) is 0 Å². The van der Waals surface area contributed by atoms with Gasteiger partial charge in [0.2, 0.25) is 0 Å². The number of hydrogen-bond acceptors (Lipinski definition) is 3. The fourth-order valence-electron chi connectivity index (χ4n) is 1.40. The molecule has 94 valence electrons. The van der Waals surface area contributed by atoms with Crippen molar-refractivity contribution in [3.8, 4) is 5.75 Å². The van der Waals surface area contributed by atoms with Gasteiger partial charge in [-0.1, -0.05) is 15.9 Å². The summed E-state index contributed by atoms with van der Waals surface area (Å²) in [5, 5.41) is 12.1. The van der Waals surface area contributed by atoms with Gasteiger partial charge in [0, 0.05) is 17.1 Å². The largest absolute Gasteiger partial charge is 0.481 e. The predicted molar refractivity (Wildman–Crippen MR) is 68.9 cm³/mol. The number of carbonyl (C=O) groups is 1. The Labute approximate surface area is 109 Å². The lowest BCUT2D eigenvalue weighted by Gasteiger charge is -2.17. The minimum Gasteiger partial charge on any atom is -0.481 e. The maximum Gasteiger partial charge on any atom is 0.260 e. The highest BCUT2D eigenvalue weighted by Crippen LogP contribution is 2.29. The average molecular weight is 302 g/mol. The van der Waals surface area contributed by atoms with Gasteiger partial charge in [0.1, 0.15) is 5.75 Å². The Morgan fingerprint density at radius 1 is 1.47 bits per heavy atom. The van der Waals surface area contributed by atoms with Crippen molar-refractivity contribution < 1.29 is 14.6 Å². The first kappa shape index (κ1) is 14.0. The molecule has 0 radical (unpaired) electrons. The predicted octanol–water partition coefficient (Wildman–Crippen LogP) is 2.02. The number of rotatable bonds is 4. The van der Waals surface area contributed by atoms with Gasteiger partial charge in [-0.3, -0.25) is 4.79 Å². The van der Waals surface area contributed by atoms with E-state index >= 15 is 0 Å². The highest BCUT2D eigenvalue weighted by Gasteiger charge is 2.16. The Kier molecular flexibility index (Phi) is 4.96. The maximum atomic E-state index is 11.4. The van der Waals surface area contributed by atoms with Crippen molar-refractivity contribution in [2.75, 3.05) is 7.05 Å². The topological polar surface area (TPSA) is 58.6 Å². The zero-order valence-electron chi connectivity index (χ0n) is 10.0. The number of aliphatic hydroxyl groups excluding tert-OH is 1. The van der Waals surface area contributed by atoms with Crippen molar-refractivity contribution >= 4 is 21.8 Å². The number of benzene rings is 1. The van der Waals surface area contributed by atoms with Gasteiger partial charge < -0.3 is 15.2 Å². The smallest absolute Gasteiger partial charge is 0.260 e. The lowest BCUT2D eigenvalue weighted by atomic mass is 10.1. The van der Waals surface area contributed by atoms with Crippen LogP contribution in [0.3, 0.4) is 0 Å². The van der Waals surface area contributed by atoms with E-state index in [0.717, 1.165) is 4.47 Å². The van der Waals surface area contributed by atoms with Crippen molar-refractivity contribution in [1.29, 1.82) is 0 Å². The number of likely N-dealkylation sites (N-methyl/N-ethyl adjacent to an activating group) is 1. The number of ether oxygens (including phenoxy) is 1. The molecule has 0 fully saturated rings. The van der Waals surface area contributed by atoms with Crippen molar-refractivity contribution in [2.45, 2.75) is 26.1 Å². The van der Waals surface area contributed by atoms with Crippen LogP contribution in [0.2, 0.25) is 0 Å². The molecule has 0 aliphatic heterocycles. The first-order valence-corrected chi connectivity index (χ1v) is 6.10. The van der Waals surface area contributed by atoms with Crippen LogP contribution >= 0.6 is 15.9 Å². The number of carbonyl (C=O) groups excluding carboxylic acids is 1. The van der Waals surface area contributed by atoms with Crippen LogP contribution in [0.5, 0.6) is 5.75 Å². The molecule has 0 heterocycles. The number of aliphatic hydroxyl groups is 1. The molecule has 2 N–H and O–H groups in total. The van der Waals surface area contributed by atoms with Crippen molar-refractivity contribution in [1.82, 2.24) is 5.32 Å². The standard InChI is InChI=1S/C12H16BrNO3/c1-7(15)10-6-9(13)4-5-11(10)17-8(2)12(16)14-3/h4-8,15H,1-3H3,(H,14,16). The van der Waals surface area contributed by atoms with Gasteiger partial charge in [0.15, 0.2) is 6.10 Å². The Morgan fingerprint density at radius 2 is 2.12 bits per heavy atom. The maximum absolute atomic E-state index is 11.4. The van der Waals surface area contributed by atoms with Gasteiger partial charge >= 0.3 is 0 Å². The minimum absolute atomic E-state index is 0.204. The van der Waals surface area contributed by atoms with Crippen molar-refractivity contribution in [3.63, 3.8) is 0 Å². The molecule has 1 amide bonds. The highest BCUT2D eigenvalue weighted by molar-refractivity contribution is 9.10. The van der Waals surface area contributed by atoms with E-state index in [2.05, 4.69) is 21.2 Å². The highest BCUT2D eigenvalue weighted by atomic mass is 79.9. The van der Waals surface area contributed by atoms with E-state index in [1.165, 1.54) is 0 Å². The zero-order chi connectivity index (χ0) is 13.0. The monoisotopic (exact) mass is 301 g/mol. The lowest BCUT2D eigenvalue weighted by molar-refractivity contribution is -0.126. The Hall–Kier alpha value is -1.07. The van der Waals surface area contributed by atoms with Crippen LogP contribution in [0.4, 0.5) is 0 Å². The molecule has 0 saturated carbocycles. The van der Waals surface area contributed by atoms with E-state index in [0.29, 0.717) is 11.3 Å². The van der Waals surface area contributed by atoms with Crippen LogP contribution in [0.25, 0.3) is 0 Å². The van der Waals surface area contributed by atoms with Gasteiger partial charge in [-0.25, -0.2) is 0 Å². The van der Waals surface area contributed by atoms with Crippen LogP contribution in [0.15, 0.2) is 22.7 Å². The number of nitrogens with one attached hydrogen (secondary N) is 1. The molecule has 1 rings (SSSR count). The molecule has 17 heavy (non-hydrogen) atoms. The summed E-state index contributed by atoms with van der Waals surface area (Å²) in [5.74, 6) is 0.309. The molecule has 0 saturated heterocycles. The van der Waals surface area contributed by atoms with E-state index < -0.39 is 12.2 Å². The molecular weight excluding hydrogens is 286 g/mol. The van der Waals surface area contributed by atoms with Crippen LogP contribution in [0.1, 0.15) is 25.5 Å². The van der Waals surface area contributed by atoms with E-state index in [1.54, 1.807) is 39.1 Å². The average Bonchev–Trinajstić information content (AvgIpc) is 2.29. The second kappa shape index (κ2) is 6.02. The summed E-state index contributed by atoms with van der Waals surface area (Å²) in [6.45, 7) is 3.31. The summed E-state index contributed by atoms with van der Waals surface area (Å²) in [4.78, 5) is 11.4. The van der Waals surface area contributed by atoms with E-state index in [1.807, 2.05) is 0 Å². The summed E-state index contributed by atoms with van der Waals surface area (Å²) in [7, 11) is 1.55. The summed E-state index contributed by atoms with van der Waals surface area (Å²) < 4.78 is 6.38. The van der Waals surface area contributed by atoms with Crippen molar-refractivity contribution in [3.05, 3.63) is 28.2 Å². The third-order valence-corrected chi connectivity index (χ3v) is 2.83. The summed E-state index contributed by atoms with van der Waals surface area (Å²) in [6.07, 6.45) is -1.25. The molecule has 2 atom stereocenters. The quantitative estimate of drug-likeness (QED) is 0.894. The third kappa shape index (κ3) is 3.71. The van der Waals surface area contributed by atoms with E-state index in [-0.39, 0.29) is 5.91 Å². The summed E-state index contributed by atoms with van der Waals surface area (Å²) in [6, 6.07) is 5.31. The molecule has 1 aromatic carbocycles. The minimum atomic E-state index is -0.653. The van der Waals surface area contributed by atoms with Gasteiger partial charge in [-0.05, 0) is 32.0 Å². The van der Waals surface area contributed by atoms with Crippen LogP contribution in [-0.4, -0.2) is 24.2 Å². The fourth-order valence-corrected chi connectivity index (χ4v) is 1.78. The number of hydrogen-bond donors (Lipinski definition) is 2. The third-order valence-electron chi connectivity index (χ3n) is 2.34. The molecular formula is C12H16BrNO3.